The van der Waals surface area contributed by atoms with Gasteiger partial charge in [0.2, 0.25) is 0 Å². The summed E-state index contributed by atoms with van der Waals surface area (Å²) in [7, 11) is -7.92. The molecule has 0 bridgehead atoms. The average Bonchev–Trinajstić information content (AvgIpc) is 2.00. The molecule has 3 nitrogen and oxygen atoms in total. The number of rotatable bonds is 17. The molecule has 0 fully saturated rings. The zero-order valence-electron chi connectivity index (χ0n) is 47.5. The summed E-state index contributed by atoms with van der Waals surface area (Å²) in [6, 6.07) is 110. The van der Waals surface area contributed by atoms with Crippen molar-refractivity contribution in [2.45, 2.75) is 26.7 Å². The van der Waals surface area contributed by atoms with Crippen molar-refractivity contribution in [1.29, 1.82) is 0 Å². The smallest absolute Gasteiger partial charge is 0.000282 e. The maximum absolute atomic E-state index is 6.15. The summed E-state index contributed by atoms with van der Waals surface area (Å²) in [5.41, 5.74) is 9.74. The molecule has 0 saturated carbocycles. The van der Waals surface area contributed by atoms with Crippen LogP contribution in [0.15, 0.2) is 360 Å². The van der Waals surface area contributed by atoms with Crippen molar-refractivity contribution in [3.05, 3.63) is 350 Å². The standard InChI is InChI=1S/C78H68N3P3/c1-3-4-29-61(2)82(71-30-13-5-14-31-71,72-32-15-6-16-33-72)79-68-56-54-65(55-57-68)64-48-46-62(47-49-64)63-50-52-66(53-51-63)67-58-69(80-83(73-34-17-7-18-35-73,74-36-19-8-20-37-74)75-38-21-9-22-39-75)60-70(59-67)81-84(76-40-23-10-24-41-76,77-42-25-11-26-43-77)78-44-27-12-28-45-78/h3-11,13-27,29-60,81,84H,12,28H2,1-2H3/b4-3-,61-29+. The number of anilines is 1. The molecule has 0 amide bonds. The van der Waals surface area contributed by atoms with Crippen molar-refractivity contribution >= 4 is 75.7 Å². The van der Waals surface area contributed by atoms with E-state index in [9.17, 15) is 0 Å². The Balaban J connectivity index is 0.943. The molecule has 1 N–H and O–H groups in total. The van der Waals surface area contributed by atoms with E-state index < -0.39 is 21.5 Å². The monoisotopic (exact) mass is 1140 g/mol. The van der Waals surface area contributed by atoms with Crippen molar-refractivity contribution in [1.82, 2.24) is 0 Å². The van der Waals surface area contributed by atoms with Crippen LogP contribution in [-0.2, 0) is 0 Å². The maximum atomic E-state index is 6.15. The van der Waals surface area contributed by atoms with Gasteiger partial charge in [-0.05, 0) is 36.9 Å². The Kier molecular flexibility index (Phi) is 17.0. The molecular weight excluding hydrogens is 1070 g/mol. The largest absolute Gasteiger partial charge is 0.0622 e. The predicted octanol–water partition coefficient (Wildman–Crippen LogP) is 19.4. The molecule has 11 aromatic rings. The minimum absolute atomic E-state index is 0.920. The van der Waals surface area contributed by atoms with Crippen LogP contribution in [0.4, 0.5) is 17.1 Å². The predicted molar refractivity (Wildman–Crippen MR) is 370 cm³/mol. The zero-order valence-corrected chi connectivity index (χ0v) is 50.3. The normalized spacial score (nSPS) is 13.0. The van der Waals surface area contributed by atoms with Crippen molar-refractivity contribution in [3.63, 3.8) is 0 Å². The molecule has 1 aliphatic rings. The molecule has 6 heteroatoms. The van der Waals surface area contributed by atoms with Gasteiger partial charge in [-0.25, -0.2) is 0 Å². The van der Waals surface area contributed by atoms with Crippen LogP contribution in [0.1, 0.15) is 26.7 Å². The van der Waals surface area contributed by atoms with Gasteiger partial charge in [0.1, 0.15) is 0 Å². The second kappa shape index (κ2) is 25.7. The minimum atomic E-state index is -2.93. The van der Waals surface area contributed by atoms with Gasteiger partial charge in [0, 0.05) is 10.6 Å². The van der Waals surface area contributed by atoms with Crippen LogP contribution in [-0.4, -0.2) is 0 Å². The number of hydrogen-bond donors (Lipinski definition) is 1. The molecule has 12 rings (SSSR count). The third kappa shape index (κ3) is 11.4. The van der Waals surface area contributed by atoms with Crippen LogP contribution in [0.25, 0.3) is 33.4 Å². The Hall–Kier alpha value is -8.93. The van der Waals surface area contributed by atoms with Gasteiger partial charge in [0.25, 0.3) is 0 Å². The number of benzene rings is 11. The molecule has 410 valence electrons. The first-order valence-electron chi connectivity index (χ1n) is 29.0. The first kappa shape index (κ1) is 55.6. The summed E-state index contributed by atoms with van der Waals surface area (Å²) in [5, 5.41) is 15.7. The molecule has 84 heavy (non-hydrogen) atoms. The molecule has 0 aromatic heterocycles. The minimum Gasteiger partial charge on any atom is -0.0622 e. The number of hydrogen-bond acceptors (Lipinski definition) is 3. The Bertz CT molecular complexity index is 4050. The van der Waals surface area contributed by atoms with Gasteiger partial charge in [-0.3, -0.25) is 4.74 Å². The summed E-state index contributed by atoms with van der Waals surface area (Å²) in [6.45, 7) is 4.30. The summed E-state index contributed by atoms with van der Waals surface area (Å²) in [6.07, 6.45) is 15.7. The van der Waals surface area contributed by atoms with E-state index in [1.807, 2.05) is 0 Å². The third-order valence-electron chi connectivity index (χ3n) is 15.9. The molecule has 0 saturated heterocycles. The van der Waals surface area contributed by atoms with Gasteiger partial charge in [-0.1, -0.05) is 91.0 Å². The third-order valence-corrected chi connectivity index (χ3v) is 27.7. The zero-order chi connectivity index (χ0) is 57.0. The topological polar surface area (TPSA) is 36.8 Å². The van der Waals surface area contributed by atoms with Gasteiger partial charge >= 0.3 is 345 Å². The van der Waals surface area contributed by atoms with Gasteiger partial charge in [-0.2, -0.15) is 0 Å². The Morgan fingerprint density at radius 3 is 1.20 bits per heavy atom. The Morgan fingerprint density at radius 2 is 0.798 bits per heavy atom. The molecular formula is C78H68N3P3. The number of nitrogens with one attached hydrogen (secondary N) is 1. The fourth-order valence-electron chi connectivity index (χ4n) is 11.8. The quantitative estimate of drug-likeness (QED) is 0.0716. The van der Waals surface area contributed by atoms with Gasteiger partial charge in [0.15, 0.2) is 0 Å². The Labute approximate surface area is 497 Å². The molecule has 0 heterocycles. The summed E-state index contributed by atoms with van der Waals surface area (Å²) < 4.78 is 11.9. The first-order valence-corrected chi connectivity index (χ1v) is 34.5. The second-order valence-corrected chi connectivity index (χ2v) is 30.9. The summed E-state index contributed by atoms with van der Waals surface area (Å²) in [5.74, 6) is 0. The van der Waals surface area contributed by atoms with Crippen LogP contribution in [0, 0.1) is 0 Å². The van der Waals surface area contributed by atoms with Crippen molar-refractivity contribution in [3.8, 4) is 33.4 Å². The Morgan fingerprint density at radius 1 is 0.405 bits per heavy atom. The summed E-state index contributed by atoms with van der Waals surface area (Å²) >= 11 is 0. The van der Waals surface area contributed by atoms with E-state index in [0.29, 0.717) is 0 Å². The number of nitrogens with zero attached hydrogens (tertiary/aromatic N) is 2. The van der Waals surface area contributed by atoms with Crippen LogP contribution >= 0.6 is 21.5 Å². The molecule has 11 aromatic carbocycles. The maximum Gasteiger partial charge on any atom is 0.000282 e. The average molecular weight is 1140 g/mol. The first-order chi connectivity index (χ1) is 41.5. The molecule has 0 radical (unpaired) electrons. The van der Waals surface area contributed by atoms with E-state index in [-0.39, 0.29) is 0 Å². The van der Waals surface area contributed by atoms with Crippen molar-refractivity contribution in [2.24, 2.45) is 9.49 Å². The molecule has 0 aliphatic heterocycles. The fraction of sp³-hybridized carbons (Fsp3) is 0.0513. The van der Waals surface area contributed by atoms with E-state index in [0.717, 1.165) is 63.3 Å². The van der Waals surface area contributed by atoms with E-state index in [2.05, 4.69) is 359 Å². The SMILES string of the molecule is C/C=C\C=C(/C)P(=Nc1ccc(-c2ccc(-c3ccc(-c4cc(N=P(c5ccccc5)(c5ccccc5)c5ccccc5)cc(N[PH](C5=CCCC=C5)(c5ccccc5)c5ccccc5)c4)cc3)cc2)cc1)(c1ccccc1)c1ccccc1. The molecule has 0 spiro atoms. The molecule has 0 unspecified atom stereocenters. The second-order valence-electron chi connectivity index (χ2n) is 21.2. The van der Waals surface area contributed by atoms with Gasteiger partial charge < -0.3 is 0 Å². The van der Waals surface area contributed by atoms with E-state index in [1.165, 1.54) is 47.8 Å². The van der Waals surface area contributed by atoms with Crippen molar-refractivity contribution < 1.29 is 0 Å². The fourth-order valence-corrected chi connectivity index (χ4v) is 23.0. The van der Waals surface area contributed by atoms with Crippen molar-refractivity contribution in [2.75, 3.05) is 5.09 Å². The molecule has 0 atom stereocenters. The van der Waals surface area contributed by atoms with Gasteiger partial charge in [0.05, 0.1) is 12.7 Å². The van der Waals surface area contributed by atoms with Crippen LogP contribution in [0.2, 0.25) is 0 Å². The van der Waals surface area contributed by atoms with E-state index >= 15 is 0 Å². The van der Waals surface area contributed by atoms with E-state index in [4.69, 9.17) is 9.49 Å². The molecule has 1 aliphatic carbocycles. The van der Waals surface area contributed by atoms with Crippen LogP contribution < -0.4 is 42.2 Å². The number of allylic oxidation sites excluding steroid dienone is 8. The van der Waals surface area contributed by atoms with Gasteiger partial charge in [-0.15, -0.1) is 0 Å². The van der Waals surface area contributed by atoms with E-state index in [1.54, 1.807) is 0 Å². The van der Waals surface area contributed by atoms with Crippen LogP contribution in [0.5, 0.6) is 0 Å². The summed E-state index contributed by atoms with van der Waals surface area (Å²) in [4.78, 5) is 0. The van der Waals surface area contributed by atoms with Crippen LogP contribution in [0.3, 0.4) is 0 Å².